The maximum atomic E-state index is 15.2. The lowest BCUT2D eigenvalue weighted by atomic mass is 10.1. The van der Waals surface area contributed by atoms with Gasteiger partial charge in [0, 0.05) is 41.1 Å². The van der Waals surface area contributed by atoms with E-state index in [0.717, 1.165) is 6.07 Å². The van der Waals surface area contributed by atoms with Crippen LogP contribution in [0, 0.1) is 5.82 Å². The number of carbonyl (C=O) groups excluding carboxylic acids is 1. The van der Waals surface area contributed by atoms with Crippen molar-refractivity contribution in [3.05, 3.63) is 107 Å². The molecule has 3 aromatic carbocycles. The summed E-state index contributed by atoms with van der Waals surface area (Å²) in [6.45, 7) is 1.63. The van der Waals surface area contributed by atoms with Crippen LogP contribution in [0.1, 0.15) is 17.3 Å². The van der Waals surface area contributed by atoms with Gasteiger partial charge in [0.25, 0.3) is 11.5 Å². The molecule has 12 heteroatoms. The summed E-state index contributed by atoms with van der Waals surface area (Å²) in [5.41, 5.74) is 0.570. The monoisotopic (exact) mass is 580 g/mol. The van der Waals surface area contributed by atoms with Gasteiger partial charge in [0.15, 0.2) is 23.0 Å². The average molecular weight is 581 g/mol. The molecule has 6 aromatic rings. The van der Waals surface area contributed by atoms with Gasteiger partial charge in [-0.15, -0.1) is 0 Å². The summed E-state index contributed by atoms with van der Waals surface area (Å²) in [4.78, 5) is 31.1. The Morgan fingerprint density at radius 2 is 1.88 bits per heavy atom. The fourth-order valence-electron chi connectivity index (χ4n) is 4.69. The number of hydrogen-bond donors (Lipinski definition) is 5. The molecular weight excluding hydrogens is 555 g/mol. The number of H-pyrrole nitrogens is 1. The number of fused-ring (bicyclic) bond motifs is 2. The molecule has 0 aliphatic heterocycles. The second-order valence-corrected chi connectivity index (χ2v) is 9.78. The Balaban J connectivity index is 1.30. The van der Waals surface area contributed by atoms with E-state index < -0.39 is 17.3 Å². The molecule has 216 valence electrons. The van der Waals surface area contributed by atoms with Crippen LogP contribution in [0.3, 0.4) is 0 Å². The SMILES string of the molecule is C[C@H](CO)Nc1n[nH]c2nccc(Oc3ccc(NC(=O)c4cc5c(O)cccc5n(-c5ccccc5)c4=O)cc3F)c12. The molecule has 6 rings (SSSR count). The van der Waals surface area contributed by atoms with E-state index in [1.165, 1.54) is 35.0 Å². The summed E-state index contributed by atoms with van der Waals surface area (Å²) in [5.74, 6) is -1.14. The van der Waals surface area contributed by atoms with Crippen LogP contribution in [0.4, 0.5) is 15.9 Å². The molecule has 1 amide bonds. The number of hydrogen-bond acceptors (Lipinski definition) is 8. The Bertz CT molecular complexity index is 2040. The normalized spacial score (nSPS) is 11.9. The third kappa shape index (κ3) is 5.22. The molecule has 5 N–H and O–H groups in total. The van der Waals surface area contributed by atoms with Crippen LogP contribution >= 0.6 is 0 Å². The number of benzene rings is 3. The van der Waals surface area contributed by atoms with Gasteiger partial charge in [-0.25, -0.2) is 9.37 Å². The summed E-state index contributed by atoms with van der Waals surface area (Å²) < 4.78 is 22.4. The van der Waals surface area contributed by atoms with Crippen molar-refractivity contribution in [1.29, 1.82) is 0 Å². The van der Waals surface area contributed by atoms with Crippen molar-refractivity contribution < 1.29 is 24.1 Å². The molecule has 0 spiro atoms. The first-order valence-corrected chi connectivity index (χ1v) is 13.3. The Morgan fingerprint density at radius 3 is 2.65 bits per heavy atom. The first-order chi connectivity index (χ1) is 20.8. The largest absolute Gasteiger partial charge is 0.507 e. The number of aliphatic hydroxyl groups excluding tert-OH is 1. The van der Waals surface area contributed by atoms with Gasteiger partial charge in [0.1, 0.15) is 22.4 Å². The van der Waals surface area contributed by atoms with E-state index in [-0.39, 0.29) is 41.1 Å². The lowest BCUT2D eigenvalue weighted by Gasteiger charge is -2.14. The molecule has 43 heavy (non-hydrogen) atoms. The zero-order valence-electron chi connectivity index (χ0n) is 22.7. The smallest absolute Gasteiger partial charge is 0.268 e. The molecule has 3 aromatic heterocycles. The quantitative estimate of drug-likeness (QED) is 0.170. The number of phenolic OH excluding ortho intramolecular Hbond substituents is 1. The van der Waals surface area contributed by atoms with E-state index in [1.54, 1.807) is 55.5 Å². The number of aliphatic hydroxyl groups is 1. The van der Waals surface area contributed by atoms with Crippen molar-refractivity contribution in [2.24, 2.45) is 0 Å². The fourth-order valence-corrected chi connectivity index (χ4v) is 4.69. The van der Waals surface area contributed by atoms with Crippen LogP contribution in [0.2, 0.25) is 0 Å². The molecule has 0 bridgehead atoms. The van der Waals surface area contributed by atoms with Crippen LogP contribution in [-0.4, -0.2) is 48.5 Å². The molecule has 1 atom stereocenters. The van der Waals surface area contributed by atoms with Crippen LogP contribution in [-0.2, 0) is 0 Å². The third-order valence-electron chi connectivity index (χ3n) is 6.77. The van der Waals surface area contributed by atoms with Crippen molar-refractivity contribution in [1.82, 2.24) is 19.7 Å². The summed E-state index contributed by atoms with van der Waals surface area (Å²) in [5, 5.41) is 33.2. The molecule has 0 radical (unpaired) electrons. The lowest BCUT2D eigenvalue weighted by Crippen LogP contribution is -2.28. The number of ether oxygens (including phenoxy) is 1. The second-order valence-electron chi connectivity index (χ2n) is 9.78. The minimum absolute atomic E-state index is 0.0835. The number of carbonyl (C=O) groups is 1. The van der Waals surface area contributed by atoms with Gasteiger partial charge in [-0.3, -0.25) is 19.3 Å². The molecular formula is C31H25FN6O5. The van der Waals surface area contributed by atoms with Gasteiger partial charge < -0.3 is 25.6 Å². The maximum Gasteiger partial charge on any atom is 0.268 e. The van der Waals surface area contributed by atoms with E-state index in [4.69, 9.17) is 4.74 Å². The van der Waals surface area contributed by atoms with Gasteiger partial charge in [-0.2, -0.15) is 5.10 Å². The third-order valence-corrected chi connectivity index (χ3v) is 6.77. The fraction of sp³-hybridized carbons (Fsp3) is 0.0968. The number of amides is 1. The number of halogens is 1. The molecule has 0 fully saturated rings. The molecule has 0 saturated carbocycles. The van der Waals surface area contributed by atoms with E-state index in [9.17, 15) is 19.8 Å². The van der Waals surface area contributed by atoms with Gasteiger partial charge in [-0.05, 0) is 49.4 Å². The predicted molar refractivity (Wildman–Crippen MR) is 160 cm³/mol. The zero-order valence-corrected chi connectivity index (χ0v) is 22.7. The minimum atomic E-state index is -0.782. The highest BCUT2D eigenvalue weighted by atomic mass is 19.1. The number of nitrogens with zero attached hydrogens (tertiary/aromatic N) is 3. The van der Waals surface area contributed by atoms with Crippen molar-refractivity contribution in [3.8, 4) is 22.9 Å². The van der Waals surface area contributed by atoms with E-state index in [0.29, 0.717) is 33.4 Å². The van der Waals surface area contributed by atoms with E-state index in [2.05, 4.69) is 25.8 Å². The highest BCUT2D eigenvalue weighted by Crippen LogP contribution is 2.35. The number of aromatic amines is 1. The number of aromatic hydroxyl groups is 1. The van der Waals surface area contributed by atoms with Gasteiger partial charge in [0.2, 0.25) is 0 Å². The Morgan fingerprint density at radius 1 is 1.07 bits per heavy atom. The molecule has 3 heterocycles. The number of phenols is 1. The summed E-state index contributed by atoms with van der Waals surface area (Å²) in [6.07, 6.45) is 1.48. The number of anilines is 2. The number of rotatable bonds is 8. The average Bonchev–Trinajstić information content (AvgIpc) is 3.42. The van der Waals surface area contributed by atoms with Crippen LogP contribution in [0.5, 0.6) is 17.2 Å². The summed E-state index contributed by atoms with van der Waals surface area (Å²) >= 11 is 0. The van der Waals surface area contributed by atoms with Crippen molar-refractivity contribution in [3.63, 3.8) is 0 Å². The number of nitrogens with one attached hydrogen (secondary N) is 3. The highest BCUT2D eigenvalue weighted by molar-refractivity contribution is 6.06. The first-order valence-electron chi connectivity index (χ1n) is 13.3. The summed E-state index contributed by atoms with van der Waals surface area (Å²) in [7, 11) is 0. The van der Waals surface area contributed by atoms with Crippen LogP contribution in [0.25, 0.3) is 27.6 Å². The van der Waals surface area contributed by atoms with Crippen molar-refractivity contribution >= 4 is 39.3 Å². The molecule has 11 nitrogen and oxygen atoms in total. The summed E-state index contributed by atoms with van der Waals surface area (Å²) in [6, 6.07) is 19.9. The van der Waals surface area contributed by atoms with Gasteiger partial charge in [-0.1, -0.05) is 24.3 Å². The Labute approximate surface area is 243 Å². The zero-order chi connectivity index (χ0) is 30.1. The number of aromatic nitrogens is 4. The van der Waals surface area contributed by atoms with Gasteiger partial charge >= 0.3 is 0 Å². The molecule has 0 saturated heterocycles. The lowest BCUT2D eigenvalue weighted by molar-refractivity contribution is 0.102. The van der Waals surface area contributed by atoms with Crippen molar-refractivity contribution in [2.45, 2.75) is 13.0 Å². The molecule has 0 unspecified atom stereocenters. The van der Waals surface area contributed by atoms with E-state index in [1.807, 2.05) is 0 Å². The number of pyridine rings is 2. The number of para-hydroxylation sites is 1. The Kier molecular flexibility index (Phi) is 7.18. The van der Waals surface area contributed by atoms with Crippen molar-refractivity contribution in [2.75, 3.05) is 17.2 Å². The van der Waals surface area contributed by atoms with Crippen LogP contribution < -0.4 is 20.9 Å². The topological polar surface area (TPSA) is 154 Å². The molecule has 0 aliphatic carbocycles. The minimum Gasteiger partial charge on any atom is -0.507 e. The van der Waals surface area contributed by atoms with Crippen LogP contribution in [0.15, 0.2) is 89.9 Å². The Hall–Kier alpha value is -5.75. The standard InChI is InChI=1S/C31H25FN6O5/c1-17(16-39)34-29-27-26(12-13-33-28(27)36-37-29)43-25-11-10-18(14-22(25)32)35-30(41)21-15-20-23(8-5-9-24(20)40)38(31(21)42)19-6-3-2-4-7-19/h2-15,17,39-40H,16H2,1H3,(H,35,41)(H2,33,34,36,37)/t17-/m1/s1. The van der Waals surface area contributed by atoms with E-state index >= 15 is 4.39 Å². The highest BCUT2D eigenvalue weighted by Gasteiger charge is 2.20. The maximum absolute atomic E-state index is 15.2. The molecule has 0 aliphatic rings. The van der Waals surface area contributed by atoms with Gasteiger partial charge in [0.05, 0.1) is 12.1 Å². The second kappa shape index (κ2) is 11.3. The predicted octanol–water partition coefficient (Wildman–Crippen LogP) is 4.94. The first kappa shape index (κ1) is 27.4.